The highest BCUT2D eigenvalue weighted by Gasteiger charge is 2.10. The first-order chi connectivity index (χ1) is 9.63. The third-order valence-corrected chi connectivity index (χ3v) is 4.00. The number of aromatic nitrogens is 1. The number of aromatic carboxylic acids is 1. The van der Waals surface area contributed by atoms with E-state index in [1.165, 1.54) is 23.5 Å². The van der Waals surface area contributed by atoms with Crippen molar-refractivity contribution in [2.45, 2.75) is 6.42 Å². The lowest BCUT2D eigenvalue weighted by molar-refractivity contribution is 0.0697. The van der Waals surface area contributed by atoms with Gasteiger partial charge in [-0.3, -0.25) is 0 Å². The van der Waals surface area contributed by atoms with Crippen molar-refractivity contribution in [3.63, 3.8) is 0 Å². The van der Waals surface area contributed by atoms with E-state index in [9.17, 15) is 9.18 Å². The maximum atomic E-state index is 13.6. The number of carboxylic acids is 1. The molecule has 0 bridgehead atoms. The largest absolute Gasteiger partial charge is 0.478 e. The van der Waals surface area contributed by atoms with Crippen molar-refractivity contribution in [2.75, 3.05) is 0 Å². The summed E-state index contributed by atoms with van der Waals surface area (Å²) < 4.78 is 14.4. The number of halogens is 1. The molecule has 0 aliphatic rings. The van der Waals surface area contributed by atoms with Crippen LogP contribution >= 0.6 is 11.3 Å². The number of nitrogens with zero attached hydrogens (tertiary/aromatic N) is 1. The average molecular weight is 287 g/mol. The molecule has 0 fully saturated rings. The van der Waals surface area contributed by atoms with Crippen LogP contribution in [0.2, 0.25) is 0 Å². The topological polar surface area (TPSA) is 50.2 Å². The van der Waals surface area contributed by atoms with Gasteiger partial charge in [-0.15, -0.1) is 11.3 Å². The number of rotatable bonds is 3. The predicted octanol–water partition coefficient (Wildman–Crippen LogP) is 3.72. The minimum atomic E-state index is -0.962. The van der Waals surface area contributed by atoms with Crippen molar-refractivity contribution >= 4 is 27.5 Å². The van der Waals surface area contributed by atoms with E-state index in [-0.39, 0.29) is 11.4 Å². The average Bonchev–Trinajstić information content (AvgIpc) is 2.82. The zero-order valence-electron chi connectivity index (χ0n) is 10.3. The summed E-state index contributed by atoms with van der Waals surface area (Å²) in [5, 5.41) is 9.73. The van der Waals surface area contributed by atoms with Crippen molar-refractivity contribution in [3.8, 4) is 0 Å². The highest BCUT2D eigenvalue weighted by Crippen LogP contribution is 2.25. The van der Waals surface area contributed by atoms with Gasteiger partial charge in [0, 0.05) is 6.42 Å². The quantitative estimate of drug-likeness (QED) is 0.798. The molecular formula is C15H10FNO2S. The number of benzene rings is 2. The Morgan fingerprint density at radius 2 is 2.05 bits per heavy atom. The Kier molecular flexibility index (Phi) is 3.20. The fourth-order valence-corrected chi connectivity index (χ4v) is 3.02. The second-order valence-corrected chi connectivity index (χ2v) is 5.48. The molecule has 0 saturated carbocycles. The van der Waals surface area contributed by atoms with Crippen LogP contribution in [-0.2, 0) is 6.42 Å². The van der Waals surface area contributed by atoms with Crippen LogP contribution < -0.4 is 0 Å². The molecule has 0 atom stereocenters. The van der Waals surface area contributed by atoms with Gasteiger partial charge in [-0.1, -0.05) is 18.2 Å². The first-order valence-corrected chi connectivity index (χ1v) is 6.81. The van der Waals surface area contributed by atoms with Gasteiger partial charge in [-0.25, -0.2) is 14.2 Å². The van der Waals surface area contributed by atoms with E-state index < -0.39 is 5.97 Å². The van der Waals surface area contributed by atoms with Crippen LogP contribution in [0.25, 0.3) is 10.2 Å². The molecule has 5 heteroatoms. The van der Waals surface area contributed by atoms with Gasteiger partial charge in [0.1, 0.15) is 5.82 Å². The Morgan fingerprint density at radius 3 is 2.80 bits per heavy atom. The van der Waals surface area contributed by atoms with E-state index in [1.807, 2.05) is 0 Å². The Balaban J connectivity index is 1.97. The van der Waals surface area contributed by atoms with Gasteiger partial charge in [-0.05, 0) is 29.8 Å². The van der Waals surface area contributed by atoms with Crippen molar-refractivity contribution in [3.05, 3.63) is 64.4 Å². The normalized spacial score (nSPS) is 10.8. The first kappa shape index (κ1) is 12.7. The van der Waals surface area contributed by atoms with E-state index in [4.69, 9.17) is 5.11 Å². The molecule has 1 heterocycles. The highest BCUT2D eigenvalue weighted by atomic mass is 32.1. The Hall–Kier alpha value is -2.27. The summed E-state index contributed by atoms with van der Waals surface area (Å²) in [6.45, 7) is 0. The Bertz CT molecular complexity index is 797. The molecule has 0 radical (unpaired) electrons. The number of fused-ring (bicyclic) bond motifs is 1. The minimum absolute atomic E-state index is 0.235. The first-order valence-electron chi connectivity index (χ1n) is 5.99. The smallest absolute Gasteiger partial charge is 0.335 e. The zero-order chi connectivity index (χ0) is 14.1. The molecule has 1 N–H and O–H groups in total. The van der Waals surface area contributed by atoms with Gasteiger partial charge in [0.05, 0.1) is 20.8 Å². The van der Waals surface area contributed by atoms with E-state index in [2.05, 4.69) is 4.98 Å². The van der Waals surface area contributed by atoms with Gasteiger partial charge >= 0.3 is 5.97 Å². The highest BCUT2D eigenvalue weighted by molar-refractivity contribution is 7.18. The fourth-order valence-electron chi connectivity index (χ4n) is 1.99. The number of hydrogen-bond donors (Lipinski definition) is 1. The number of hydrogen-bond acceptors (Lipinski definition) is 3. The molecule has 100 valence electrons. The Morgan fingerprint density at radius 1 is 1.25 bits per heavy atom. The van der Waals surface area contributed by atoms with E-state index in [1.54, 1.807) is 30.3 Å². The molecule has 0 amide bonds. The summed E-state index contributed by atoms with van der Waals surface area (Å²) in [5.41, 5.74) is 1.56. The van der Waals surface area contributed by atoms with Crippen LogP contribution in [0.5, 0.6) is 0 Å². The predicted molar refractivity (Wildman–Crippen MR) is 75.8 cm³/mol. The van der Waals surface area contributed by atoms with Crippen molar-refractivity contribution < 1.29 is 14.3 Å². The van der Waals surface area contributed by atoms with Gasteiger partial charge in [0.15, 0.2) is 0 Å². The molecule has 3 aromatic rings. The molecule has 0 aliphatic heterocycles. The molecule has 0 spiro atoms. The SMILES string of the molecule is O=C(O)c1ccc2nc(Cc3ccccc3F)sc2c1. The maximum Gasteiger partial charge on any atom is 0.335 e. The number of carboxylic acid groups (broad SMARTS) is 1. The molecule has 0 saturated heterocycles. The standard InChI is InChI=1S/C15H10FNO2S/c16-11-4-2-1-3-9(11)8-14-17-12-6-5-10(15(18)19)7-13(12)20-14/h1-7H,8H2,(H,18,19). The van der Waals surface area contributed by atoms with Crippen LogP contribution in [0.1, 0.15) is 20.9 Å². The molecule has 3 rings (SSSR count). The summed E-state index contributed by atoms with van der Waals surface area (Å²) >= 11 is 1.39. The van der Waals surface area contributed by atoms with Gasteiger partial charge in [-0.2, -0.15) is 0 Å². The lowest BCUT2D eigenvalue weighted by Crippen LogP contribution is -1.94. The van der Waals surface area contributed by atoms with Crippen LogP contribution in [0.15, 0.2) is 42.5 Å². The van der Waals surface area contributed by atoms with Crippen molar-refractivity contribution in [1.82, 2.24) is 4.98 Å². The van der Waals surface area contributed by atoms with Crippen molar-refractivity contribution in [2.24, 2.45) is 0 Å². The lowest BCUT2D eigenvalue weighted by atomic mass is 10.1. The molecule has 0 aliphatic carbocycles. The monoisotopic (exact) mass is 287 g/mol. The van der Waals surface area contributed by atoms with Gasteiger partial charge in [0.25, 0.3) is 0 Å². The molecular weight excluding hydrogens is 277 g/mol. The van der Waals surface area contributed by atoms with Crippen LogP contribution in [0.4, 0.5) is 4.39 Å². The summed E-state index contributed by atoms with van der Waals surface area (Å²) in [5.74, 6) is -1.21. The second-order valence-electron chi connectivity index (χ2n) is 4.36. The molecule has 3 nitrogen and oxygen atoms in total. The van der Waals surface area contributed by atoms with E-state index in [0.29, 0.717) is 12.0 Å². The van der Waals surface area contributed by atoms with Crippen LogP contribution in [0, 0.1) is 5.82 Å². The summed E-state index contributed by atoms with van der Waals surface area (Å²) in [4.78, 5) is 15.3. The summed E-state index contributed by atoms with van der Waals surface area (Å²) in [6, 6.07) is 11.4. The summed E-state index contributed by atoms with van der Waals surface area (Å²) in [7, 11) is 0. The molecule has 2 aromatic carbocycles. The third-order valence-electron chi connectivity index (χ3n) is 2.98. The van der Waals surface area contributed by atoms with Crippen molar-refractivity contribution in [1.29, 1.82) is 0 Å². The number of carbonyl (C=O) groups is 1. The number of thiazole rings is 1. The minimum Gasteiger partial charge on any atom is -0.478 e. The molecule has 20 heavy (non-hydrogen) atoms. The third kappa shape index (κ3) is 2.40. The van der Waals surface area contributed by atoms with Crippen LogP contribution in [0.3, 0.4) is 0 Å². The van der Waals surface area contributed by atoms with Crippen LogP contribution in [-0.4, -0.2) is 16.1 Å². The zero-order valence-corrected chi connectivity index (χ0v) is 11.2. The van der Waals surface area contributed by atoms with Gasteiger partial charge in [0.2, 0.25) is 0 Å². The molecule has 0 unspecified atom stereocenters. The Labute approximate surface area is 118 Å². The van der Waals surface area contributed by atoms with Gasteiger partial charge < -0.3 is 5.11 Å². The summed E-state index contributed by atoms with van der Waals surface area (Å²) in [6.07, 6.45) is 0.411. The lowest BCUT2D eigenvalue weighted by Gasteiger charge is -1.98. The molecule has 1 aromatic heterocycles. The van der Waals surface area contributed by atoms with E-state index >= 15 is 0 Å². The fraction of sp³-hybridized carbons (Fsp3) is 0.0667. The second kappa shape index (κ2) is 5.02. The maximum absolute atomic E-state index is 13.6. The van der Waals surface area contributed by atoms with E-state index in [0.717, 1.165) is 15.2 Å².